The minimum Gasteiger partial charge on any atom is -0.492 e. The average molecular weight is 418 g/mol. The van der Waals surface area contributed by atoms with E-state index in [0.29, 0.717) is 11.8 Å². The van der Waals surface area contributed by atoms with E-state index >= 15 is 0 Å². The zero-order chi connectivity index (χ0) is 20.5. The number of amides is 1. The lowest BCUT2D eigenvalue weighted by Crippen LogP contribution is -2.46. The van der Waals surface area contributed by atoms with Crippen molar-refractivity contribution in [3.05, 3.63) is 53.3 Å². The molecule has 1 saturated heterocycles. The van der Waals surface area contributed by atoms with Crippen molar-refractivity contribution in [2.45, 2.75) is 32.2 Å². The van der Waals surface area contributed by atoms with Crippen LogP contribution >= 0.6 is 11.6 Å². The average Bonchev–Trinajstić information content (AvgIpc) is 2.73. The maximum Gasteiger partial charge on any atom is 0.258 e. The highest BCUT2D eigenvalue weighted by Gasteiger charge is 2.20. The Kier molecular flexibility index (Phi) is 8.14. The minimum atomic E-state index is -0.0611. The van der Waals surface area contributed by atoms with Gasteiger partial charge in [-0.05, 0) is 50.5 Å². The Hall–Kier alpha value is -2.31. The second-order valence-electron chi connectivity index (χ2n) is 7.30. The number of nitrogens with zero attached hydrogens (tertiary/aromatic N) is 2. The van der Waals surface area contributed by atoms with Crippen LogP contribution in [0.25, 0.3) is 0 Å². The summed E-state index contributed by atoms with van der Waals surface area (Å²) in [5.41, 5.74) is 1.17. The molecule has 1 N–H and O–H groups in total. The van der Waals surface area contributed by atoms with Crippen LogP contribution in [0.3, 0.4) is 0 Å². The number of aryl methyl sites for hydroxylation is 1. The number of likely N-dealkylation sites (tertiary alicyclic amines) is 1. The van der Waals surface area contributed by atoms with Crippen molar-refractivity contribution in [1.82, 2.24) is 15.2 Å². The molecule has 1 aromatic carbocycles. The second kappa shape index (κ2) is 11.0. The molecule has 0 spiro atoms. The van der Waals surface area contributed by atoms with Gasteiger partial charge in [0.1, 0.15) is 16.7 Å². The minimum absolute atomic E-state index is 0.0557. The maximum absolute atomic E-state index is 12.1. The molecule has 1 aromatic heterocycles. The number of piperidine rings is 1. The molecule has 1 amide bonds. The van der Waals surface area contributed by atoms with E-state index in [1.54, 1.807) is 12.3 Å². The number of benzene rings is 1. The molecule has 1 fully saturated rings. The van der Waals surface area contributed by atoms with Crippen LogP contribution in [0.1, 0.15) is 24.8 Å². The third-order valence-electron chi connectivity index (χ3n) is 4.93. The number of carbonyl (C=O) groups is 1. The molecule has 0 aliphatic carbocycles. The number of carbonyl (C=O) groups excluding carboxylic acids is 1. The quantitative estimate of drug-likeness (QED) is 0.500. The van der Waals surface area contributed by atoms with Crippen molar-refractivity contribution < 1.29 is 14.3 Å². The van der Waals surface area contributed by atoms with E-state index in [0.717, 1.165) is 50.4 Å². The van der Waals surface area contributed by atoms with Crippen molar-refractivity contribution in [2.75, 3.05) is 32.8 Å². The van der Waals surface area contributed by atoms with Gasteiger partial charge in [0.2, 0.25) is 0 Å². The van der Waals surface area contributed by atoms with Gasteiger partial charge < -0.3 is 19.7 Å². The summed E-state index contributed by atoms with van der Waals surface area (Å²) in [6.45, 7) is 5.67. The number of nitrogens with one attached hydrogen (secondary N) is 1. The molecule has 0 atom stereocenters. The normalized spacial score (nSPS) is 15.1. The summed E-state index contributed by atoms with van der Waals surface area (Å²) in [6.07, 6.45) is 4.50. The molecule has 7 heteroatoms. The number of rotatable bonds is 9. The topological polar surface area (TPSA) is 63.7 Å². The molecule has 29 heavy (non-hydrogen) atoms. The number of aromatic nitrogens is 1. The van der Waals surface area contributed by atoms with Crippen LogP contribution in [0.2, 0.25) is 5.15 Å². The third kappa shape index (κ3) is 7.55. The summed E-state index contributed by atoms with van der Waals surface area (Å²) in [4.78, 5) is 18.5. The summed E-state index contributed by atoms with van der Waals surface area (Å²) in [5.74, 6) is 1.40. The van der Waals surface area contributed by atoms with Crippen molar-refractivity contribution >= 4 is 17.5 Å². The molecule has 0 unspecified atom stereocenters. The predicted octanol–water partition coefficient (Wildman–Crippen LogP) is 3.47. The first-order valence-corrected chi connectivity index (χ1v) is 10.4. The van der Waals surface area contributed by atoms with E-state index in [-0.39, 0.29) is 18.6 Å². The number of hydrogen-bond donors (Lipinski definition) is 1. The van der Waals surface area contributed by atoms with Crippen LogP contribution in [0.4, 0.5) is 0 Å². The SMILES string of the molecule is Cc1ccc(OCC(=O)NC2CCN(CCCOc3ccc(Cl)nc3)CC2)cc1. The Morgan fingerprint density at radius 1 is 1.14 bits per heavy atom. The smallest absolute Gasteiger partial charge is 0.258 e. The second-order valence-corrected chi connectivity index (χ2v) is 7.69. The van der Waals surface area contributed by atoms with Gasteiger partial charge in [0, 0.05) is 25.7 Å². The standard InChI is InChI=1S/C22H28ClN3O3/c1-17-3-5-19(6-4-17)29-16-22(27)25-18-9-12-26(13-10-18)11-2-14-28-20-7-8-21(23)24-15-20/h3-8,15,18H,2,9-14,16H2,1H3,(H,25,27). The van der Waals surface area contributed by atoms with Gasteiger partial charge in [-0.15, -0.1) is 0 Å². The fraction of sp³-hybridized carbons (Fsp3) is 0.455. The van der Waals surface area contributed by atoms with E-state index in [1.807, 2.05) is 37.3 Å². The summed E-state index contributed by atoms with van der Waals surface area (Å²) in [7, 11) is 0. The Balaban J connectivity index is 1.26. The Labute approximate surface area is 177 Å². The van der Waals surface area contributed by atoms with Gasteiger partial charge in [-0.2, -0.15) is 0 Å². The van der Waals surface area contributed by atoms with Crippen LogP contribution in [-0.4, -0.2) is 54.7 Å². The molecule has 6 nitrogen and oxygen atoms in total. The first-order valence-electron chi connectivity index (χ1n) is 10.0. The van der Waals surface area contributed by atoms with Gasteiger partial charge in [0.15, 0.2) is 6.61 Å². The molecule has 3 rings (SSSR count). The van der Waals surface area contributed by atoms with Gasteiger partial charge in [-0.1, -0.05) is 29.3 Å². The van der Waals surface area contributed by atoms with Gasteiger partial charge >= 0.3 is 0 Å². The molecule has 0 saturated carbocycles. The zero-order valence-corrected chi connectivity index (χ0v) is 17.5. The Morgan fingerprint density at radius 2 is 1.86 bits per heavy atom. The fourth-order valence-corrected chi connectivity index (χ4v) is 3.39. The summed E-state index contributed by atoms with van der Waals surface area (Å²) < 4.78 is 11.2. The highest BCUT2D eigenvalue weighted by atomic mass is 35.5. The highest BCUT2D eigenvalue weighted by molar-refractivity contribution is 6.29. The molecule has 2 heterocycles. The third-order valence-corrected chi connectivity index (χ3v) is 5.15. The molecule has 1 aliphatic rings. The van der Waals surface area contributed by atoms with Gasteiger partial charge in [-0.3, -0.25) is 4.79 Å². The first-order chi connectivity index (χ1) is 14.1. The van der Waals surface area contributed by atoms with E-state index in [1.165, 1.54) is 5.56 Å². The number of hydrogen-bond acceptors (Lipinski definition) is 5. The molecule has 0 radical (unpaired) electrons. The highest BCUT2D eigenvalue weighted by Crippen LogP contribution is 2.14. The van der Waals surface area contributed by atoms with Crippen LogP contribution in [0.15, 0.2) is 42.6 Å². The van der Waals surface area contributed by atoms with Crippen molar-refractivity contribution in [3.8, 4) is 11.5 Å². The summed E-state index contributed by atoms with van der Waals surface area (Å²) in [5, 5.41) is 3.55. The van der Waals surface area contributed by atoms with Gasteiger partial charge in [-0.25, -0.2) is 4.98 Å². The number of halogens is 1. The maximum atomic E-state index is 12.1. The Morgan fingerprint density at radius 3 is 2.55 bits per heavy atom. The molecular formula is C22H28ClN3O3. The molecular weight excluding hydrogens is 390 g/mol. The van der Waals surface area contributed by atoms with E-state index < -0.39 is 0 Å². The van der Waals surface area contributed by atoms with Crippen LogP contribution in [0, 0.1) is 6.92 Å². The summed E-state index contributed by atoms with van der Waals surface area (Å²) in [6, 6.07) is 11.5. The molecule has 1 aliphatic heterocycles. The van der Waals surface area contributed by atoms with Crippen molar-refractivity contribution in [1.29, 1.82) is 0 Å². The lowest BCUT2D eigenvalue weighted by atomic mass is 10.0. The monoisotopic (exact) mass is 417 g/mol. The molecule has 0 bridgehead atoms. The van der Waals surface area contributed by atoms with Crippen LogP contribution < -0.4 is 14.8 Å². The number of pyridine rings is 1. The van der Waals surface area contributed by atoms with Crippen LogP contribution in [-0.2, 0) is 4.79 Å². The van der Waals surface area contributed by atoms with Crippen molar-refractivity contribution in [3.63, 3.8) is 0 Å². The van der Waals surface area contributed by atoms with Gasteiger partial charge in [0.05, 0.1) is 12.8 Å². The van der Waals surface area contributed by atoms with E-state index in [2.05, 4.69) is 15.2 Å². The molecule has 2 aromatic rings. The first kappa shape index (κ1) is 21.4. The fourth-order valence-electron chi connectivity index (χ4n) is 3.28. The number of ether oxygens (including phenoxy) is 2. The molecule has 156 valence electrons. The largest absolute Gasteiger partial charge is 0.492 e. The zero-order valence-electron chi connectivity index (χ0n) is 16.8. The summed E-state index contributed by atoms with van der Waals surface area (Å²) >= 11 is 5.76. The lowest BCUT2D eigenvalue weighted by Gasteiger charge is -2.32. The van der Waals surface area contributed by atoms with Gasteiger partial charge in [0.25, 0.3) is 5.91 Å². The predicted molar refractivity (Wildman–Crippen MR) is 114 cm³/mol. The van der Waals surface area contributed by atoms with E-state index in [4.69, 9.17) is 21.1 Å². The van der Waals surface area contributed by atoms with Crippen molar-refractivity contribution in [2.24, 2.45) is 0 Å². The Bertz CT molecular complexity index is 760. The lowest BCUT2D eigenvalue weighted by molar-refractivity contribution is -0.124. The van der Waals surface area contributed by atoms with Crippen LogP contribution in [0.5, 0.6) is 11.5 Å². The van der Waals surface area contributed by atoms with E-state index in [9.17, 15) is 4.79 Å².